The summed E-state index contributed by atoms with van der Waals surface area (Å²) in [4.78, 5) is 0. The quantitative estimate of drug-likeness (QED) is 0.674. The molecular weight excluding hydrogens is 244 g/mol. The van der Waals surface area contributed by atoms with Gasteiger partial charge in [-0.25, -0.2) is 4.68 Å². The Balaban J connectivity index is 2.05. The molecule has 1 heterocycles. The van der Waals surface area contributed by atoms with Gasteiger partial charge in [-0.1, -0.05) is 35.5 Å². The molecule has 0 amide bonds. The molecule has 0 saturated carbocycles. The molecular formula is C10H11ClN4S. The average molecular weight is 255 g/mol. The number of nitrogen functional groups attached to an aromatic ring is 1. The van der Waals surface area contributed by atoms with E-state index in [0.717, 1.165) is 16.3 Å². The first kappa shape index (κ1) is 11.3. The van der Waals surface area contributed by atoms with Crippen LogP contribution in [-0.4, -0.2) is 14.9 Å². The summed E-state index contributed by atoms with van der Waals surface area (Å²) in [5.74, 6) is 7.22. The minimum absolute atomic E-state index is 0.702. The third kappa shape index (κ3) is 2.48. The number of aromatic nitrogens is 3. The van der Waals surface area contributed by atoms with Crippen LogP contribution >= 0.6 is 23.4 Å². The molecule has 0 bridgehead atoms. The Bertz CT molecular complexity index is 497. The highest BCUT2D eigenvalue weighted by atomic mass is 35.5. The maximum absolute atomic E-state index is 5.89. The lowest BCUT2D eigenvalue weighted by Gasteiger charge is -2.02. The fraction of sp³-hybridized carbons (Fsp3) is 0.200. The highest BCUT2D eigenvalue weighted by Crippen LogP contribution is 2.21. The molecule has 0 saturated heterocycles. The lowest BCUT2D eigenvalue weighted by molar-refractivity contribution is 0.825. The molecule has 2 aromatic rings. The lowest BCUT2D eigenvalue weighted by Crippen LogP contribution is -2.11. The molecule has 0 aliphatic carbocycles. The second kappa shape index (κ2) is 4.76. The Morgan fingerprint density at radius 1 is 1.44 bits per heavy atom. The molecule has 0 radical (unpaired) electrons. The molecule has 0 atom stereocenters. The van der Waals surface area contributed by atoms with Crippen molar-refractivity contribution in [3.8, 4) is 0 Å². The van der Waals surface area contributed by atoms with Gasteiger partial charge >= 0.3 is 0 Å². The van der Waals surface area contributed by atoms with E-state index in [1.807, 2.05) is 31.2 Å². The summed E-state index contributed by atoms with van der Waals surface area (Å²) in [6, 6.07) is 7.73. The number of aryl methyl sites for hydroxylation is 1. The van der Waals surface area contributed by atoms with Gasteiger partial charge in [0.15, 0.2) is 0 Å². The number of benzene rings is 1. The molecule has 16 heavy (non-hydrogen) atoms. The standard InChI is InChI=1S/C10H11ClN4S/c1-7-13-14-10(15(7)12)16-6-8-3-2-4-9(11)5-8/h2-5H,6,12H2,1H3. The smallest absolute Gasteiger partial charge is 0.210 e. The van der Waals surface area contributed by atoms with Crippen molar-refractivity contribution in [3.63, 3.8) is 0 Å². The summed E-state index contributed by atoms with van der Waals surface area (Å²) < 4.78 is 1.48. The van der Waals surface area contributed by atoms with Crippen molar-refractivity contribution in [1.82, 2.24) is 14.9 Å². The van der Waals surface area contributed by atoms with Gasteiger partial charge in [-0.3, -0.25) is 0 Å². The molecule has 0 fully saturated rings. The van der Waals surface area contributed by atoms with Crippen LogP contribution in [0.15, 0.2) is 29.4 Å². The minimum atomic E-state index is 0.702. The summed E-state index contributed by atoms with van der Waals surface area (Å²) in [5.41, 5.74) is 1.14. The van der Waals surface area contributed by atoms with Gasteiger partial charge in [0, 0.05) is 10.8 Å². The summed E-state index contributed by atoms with van der Waals surface area (Å²) in [6.07, 6.45) is 0. The molecule has 0 unspecified atom stereocenters. The number of hydrogen-bond donors (Lipinski definition) is 1. The predicted molar refractivity (Wildman–Crippen MR) is 65.9 cm³/mol. The minimum Gasteiger partial charge on any atom is -0.336 e. The first-order chi connectivity index (χ1) is 7.66. The van der Waals surface area contributed by atoms with Gasteiger partial charge in [0.25, 0.3) is 0 Å². The molecule has 1 aromatic carbocycles. The van der Waals surface area contributed by atoms with Crippen LogP contribution in [0.4, 0.5) is 0 Å². The van der Waals surface area contributed by atoms with Gasteiger partial charge in [0.2, 0.25) is 5.16 Å². The maximum atomic E-state index is 5.89. The first-order valence-corrected chi connectivity index (χ1v) is 6.07. The predicted octanol–water partition coefficient (Wildman–Crippen LogP) is 2.25. The van der Waals surface area contributed by atoms with E-state index in [-0.39, 0.29) is 0 Å². The largest absolute Gasteiger partial charge is 0.336 e. The molecule has 0 spiro atoms. The third-order valence-electron chi connectivity index (χ3n) is 2.09. The zero-order valence-electron chi connectivity index (χ0n) is 8.72. The second-order valence-electron chi connectivity index (χ2n) is 3.32. The molecule has 6 heteroatoms. The van der Waals surface area contributed by atoms with Crippen molar-refractivity contribution < 1.29 is 0 Å². The molecule has 1 aromatic heterocycles. The van der Waals surface area contributed by atoms with Crippen LogP contribution in [-0.2, 0) is 5.75 Å². The van der Waals surface area contributed by atoms with Crippen molar-refractivity contribution >= 4 is 23.4 Å². The third-order valence-corrected chi connectivity index (χ3v) is 3.34. The van der Waals surface area contributed by atoms with Crippen LogP contribution in [0.1, 0.15) is 11.4 Å². The van der Waals surface area contributed by atoms with Crippen molar-refractivity contribution in [2.24, 2.45) is 0 Å². The highest BCUT2D eigenvalue weighted by Gasteiger charge is 2.06. The maximum Gasteiger partial charge on any atom is 0.210 e. The summed E-state index contributed by atoms with van der Waals surface area (Å²) in [7, 11) is 0. The summed E-state index contributed by atoms with van der Waals surface area (Å²) >= 11 is 7.43. The zero-order chi connectivity index (χ0) is 11.5. The lowest BCUT2D eigenvalue weighted by atomic mass is 10.2. The Morgan fingerprint density at radius 2 is 2.25 bits per heavy atom. The number of rotatable bonds is 3. The van der Waals surface area contributed by atoms with Crippen LogP contribution in [0.5, 0.6) is 0 Å². The fourth-order valence-corrected chi connectivity index (χ4v) is 2.28. The van der Waals surface area contributed by atoms with E-state index in [2.05, 4.69) is 10.2 Å². The van der Waals surface area contributed by atoms with E-state index < -0.39 is 0 Å². The second-order valence-corrected chi connectivity index (χ2v) is 4.70. The van der Waals surface area contributed by atoms with Crippen LogP contribution in [0, 0.1) is 6.92 Å². The van der Waals surface area contributed by atoms with E-state index in [1.165, 1.54) is 16.4 Å². The van der Waals surface area contributed by atoms with Gasteiger partial charge in [-0.05, 0) is 24.6 Å². The molecule has 84 valence electrons. The first-order valence-electron chi connectivity index (χ1n) is 4.71. The number of nitrogens with zero attached hydrogens (tertiary/aromatic N) is 3. The van der Waals surface area contributed by atoms with E-state index in [0.29, 0.717) is 11.0 Å². The van der Waals surface area contributed by atoms with Crippen molar-refractivity contribution in [2.45, 2.75) is 17.8 Å². The molecule has 4 nitrogen and oxygen atoms in total. The number of halogens is 1. The Kier molecular flexibility index (Phi) is 3.36. The van der Waals surface area contributed by atoms with E-state index in [4.69, 9.17) is 17.4 Å². The molecule has 0 aliphatic heterocycles. The Hall–Kier alpha value is -1.20. The van der Waals surface area contributed by atoms with E-state index in [9.17, 15) is 0 Å². The number of nitrogens with two attached hydrogens (primary N) is 1. The van der Waals surface area contributed by atoms with E-state index in [1.54, 1.807) is 0 Å². The SMILES string of the molecule is Cc1nnc(SCc2cccc(Cl)c2)n1N. The van der Waals surface area contributed by atoms with Crippen LogP contribution in [0.3, 0.4) is 0 Å². The molecule has 2 rings (SSSR count). The van der Waals surface area contributed by atoms with Gasteiger partial charge in [0.1, 0.15) is 5.82 Å². The normalized spacial score (nSPS) is 10.6. The van der Waals surface area contributed by atoms with Crippen molar-refractivity contribution in [2.75, 3.05) is 5.84 Å². The van der Waals surface area contributed by atoms with Gasteiger partial charge < -0.3 is 5.84 Å². The van der Waals surface area contributed by atoms with Crippen molar-refractivity contribution in [3.05, 3.63) is 40.7 Å². The summed E-state index contributed by atoms with van der Waals surface area (Å²) in [6.45, 7) is 1.82. The Labute approximate surface area is 103 Å². The zero-order valence-corrected chi connectivity index (χ0v) is 10.3. The summed E-state index contributed by atoms with van der Waals surface area (Å²) in [5, 5.41) is 9.30. The van der Waals surface area contributed by atoms with Gasteiger partial charge in [-0.15, -0.1) is 10.2 Å². The van der Waals surface area contributed by atoms with Crippen molar-refractivity contribution in [1.29, 1.82) is 0 Å². The fourth-order valence-electron chi connectivity index (χ4n) is 1.22. The van der Waals surface area contributed by atoms with E-state index >= 15 is 0 Å². The van der Waals surface area contributed by atoms with Gasteiger partial charge in [-0.2, -0.15) is 0 Å². The van der Waals surface area contributed by atoms with Gasteiger partial charge in [0.05, 0.1) is 0 Å². The number of hydrogen-bond acceptors (Lipinski definition) is 4. The topological polar surface area (TPSA) is 56.7 Å². The van der Waals surface area contributed by atoms with Crippen LogP contribution in [0.2, 0.25) is 5.02 Å². The van der Waals surface area contributed by atoms with Crippen LogP contribution in [0.25, 0.3) is 0 Å². The highest BCUT2D eigenvalue weighted by molar-refractivity contribution is 7.98. The van der Waals surface area contributed by atoms with Crippen LogP contribution < -0.4 is 5.84 Å². The average Bonchev–Trinajstić information content (AvgIpc) is 2.57. The Morgan fingerprint density at radius 3 is 2.88 bits per heavy atom. The molecule has 2 N–H and O–H groups in total. The monoisotopic (exact) mass is 254 g/mol. The number of thioether (sulfide) groups is 1. The molecule has 0 aliphatic rings.